The van der Waals surface area contributed by atoms with Crippen LogP contribution in [0.15, 0.2) is 34.3 Å². The molecule has 168 valence electrons. The van der Waals surface area contributed by atoms with Crippen LogP contribution in [-0.2, 0) is 4.79 Å². The molecular formula is C21H27N3O4S3. The Hall–Kier alpha value is -1.20. The quantitative estimate of drug-likeness (QED) is 0.490. The van der Waals surface area contributed by atoms with Crippen molar-refractivity contribution >= 4 is 51.3 Å². The Kier molecular flexibility index (Phi) is 6.39. The third kappa shape index (κ3) is 4.37. The average molecular weight is 482 g/mol. The second-order valence-electron chi connectivity index (χ2n) is 8.81. The third-order valence-electron chi connectivity index (χ3n) is 5.96. The Morgan fingerprint density at radius 2 is 2.03 bits per heavy atom. The number of hydrogen-bond acceptors (Lipinski definition) is 9. The van der Waals surface area contributed by atoms with Crippen LogP contribution in [0.1, 0.15) is 26.3 Å². The summed E-state index contributed by atoms with van der Waals surface area (Å²) in [4.78, 5) is 20.8. The van der Waals surface area contributed by atoms with Crippen LogP contribution in [0, 0.1) is 5.41 Å². The van der Waals surface area contributed by atoms with Crippen molar-refractivity contribution in [2.75, 3.05) is 17.3 Å². The van der Waals surface area contributed by atoms with Crippen LogP contribution < -0.4 is 5.32 Å². The molecule has 4 rings (SSSR count). The number of carboxylic acid groups (broad SMARTS) is 1. The van der Waals surface area contributed by atoms with E-state index in [2.05, 4.69) is 10.3 Å². The minimum absolute atomic E-state index is 0.0541. The Labute approximate surface area is 194 Å². The van der Waals surface area contributed by atoms with Crippen molar-refractivity contribution in [2.24, 2.45) is 15.4 Å². The van der Waals surface area contributed by atoms with Crippen LogP contribution in [0.25, 0.3) is 0 Å². The molecule has 1 saturated heterocycles. The fourth-order valence-electron chi connectivity index (χ4n) is 3.83. The van der Waals surface area contributed by atoms with E-state index >= 15 is 0 Å². The molecule has 3 aliphatic heterocycles. The van der Waals surface area contributed by atoms with Gasteiger partial charge in [0, 0.05) is 34.3 Å². The van der Waals surface area contributed by atoms with Crippen molar-refractivity contribution in [3.05, 3.63) is 29.8 Å². The number of nitrogens with one attached hydrogen (secondary N) is 1. The summed E-state index contributed by atoms with van der Waals surface area (Å²) in [5.41, 5.74) is -1.03. The fourth-order valence-corrected chi connectivity index (χ4v) is 7.80. The van der Waals surface area contributed by atoms with E-state index in [9.17, 15) is 20.1 Å². The van der Waals surface area contributed by atoms with E-state index in [1.54, 1.807) is 42.6 Å². The van der Waals surface area contributed by atoms with Crippen molar-refractivity contribution in [1.82, 2.24) is 5.32 Å². The number of para-hydroxylation sites is 1. The van der Waals surface area contributed by atoms with Gasteiger partial charge >= 0.3 is 5.97 Å². The number of benzene rings is 1. The number of carbonyl (C=O) groups is 1. The molecule has 3 aliphatic rings. The smallest absolute Gasteiger partial charge is 0.332 e. The summed E-state index contributed by atoms with van der Waals surface area (Å²) in [6.07, 6.45) is -0.705. The molecule has 7 nitrogen and oxygen atoms in total. The molecule has 10 heteroatoms. The van der Waals surface area contributed by atoms with E-state index in [-0.39, 0.29) is 23.2 Å². The van der Waals surface area contributed by atoms with Gasteiger partial charge in [0.1, 0.15) is 10.8 Å². The molecule has 1 aromatic carbocycles. The minimum Gasteiger partial charge on any atom is -0.507 e. The van der Waals surface area contributed by atoms with E-state index in [0.717, 1.165) is 22.1 Å². The standard InChI is InChI=1S/C21H27N3O4S3/c1-20(2,18-24-21(3,10-31-18)19(27)28)15(26)12-8-30-17(22-12)13-9-29-16(23-13)11-6-4-5-7-14(11)25/h4-7,12-13,15,17,22,25-26H,8-10H2,1-3H3,(H,27,28)/t12-,13+,15+,17+,21+/m0/s1. The number of thioether (sulfide) groups is 3. The van der Waals surface area contributed by atoms with E-state index in [1.165, 1.54) is 11.8 Å². The van der Waals surface area contributed by atoms with Crippen molar-refractivity contribution in [2.45, 2.75) is 49.9 Å². The van der Waals surface area contributed by atoms with Gasteiger partial charge in [-0.05, 0) is 19.1 Å². The van der Waals surface area contributed by atoms with Gasteiger partial charge in [0.05, 0.1) is 22.6 Å². The van der Waals surface area contributed by atoms with E-state index in [0.29, 0.717) is 10.8 Å². The van der Waals surface area contributed by atoms with E-state index < -0.39 is 23.0 Å². The Morgan fingerprint density at radius 1 is 1.29 bits per heavy atom. The Morgan fingerprint density at radius 3 is 2.71 bits per heavy atom. The molecular weight excluding hydrogens is 454 g/mol. The lowest BCUT2D eigenvalue weighted by Gasteiger charge is -2.34. The molecule has 0 saturated carbocycles. The van der Waals surface area contributed by atoms with Crippen molar-refractivity contribution < 1.29 is 20.1 Å². The Bertz CT molecular complexity index is 938. The lowest BCUT2D eigenvalue weighted by molar-refractivity contribution is -0.141. The van der Waals surface area contributed by atoms with E-state index in [4.69, 9.17) is 4.99 Å². The maximum atomic E-state index is 11.5. The van der Waals surface area contributed by atoms with Gasteiger partial charge in [0.2, 0.25) is 0 Å². The molecule has 0 amide bonds. The second kappa shape index (κ2) is 8.62. The zero-order chi connectivity index (χ0) is 22.4. The van der Waals surface area contributed by atoms with Gasteiger partial charge in [0.25, 0.3) is 0 Å². The van der Waals surface area contributed by atoms with Gasteiger partial charge in [-0.2, -0.15) is 0 Å². The Balaban J connectivity index is 1.43. The molecule has 0 bridgehead atoms. The van der Waals surface area contributed by atoms with Gasteiger partial charge in [-0.25, -0.2) is 4.79 Å². The SMILES string of the molecule is CC(C)(C1=N[C@@](C)(C(=O)O)CS1)[C@H](O)[C@@H]1CS[C@H]([C@H]2CSC(c3ccccc3O)=N2)N1. The average Bonchev–Trinajstić information content (AvgIpc) is 3.47. The zero-order valence-electron chi connectivity index (χ0n) is 17.6. The van der Waals surface area contributed by atoms with Gasteiger partial charge in [-0.3, -0.25) is 15.3 Å². The molecule has 31 heavy (non-hydrogen) atoms. The molecule has 1 fully saturated rings. The molecule has 0 aliphatic carbocycles. The number of aliphatic hydroxyl groups excluding tert-OH is 1. The van der Waals surface area contributed by atoms with Crippen molar-refractivity contribution in [1.29, 1.82) is 0 Å². The number of aliphatic imine (C=N–C) groups is 2. The number of phenolic OH excluding ortho intramolecular Hbond substituents is 1. The van der Waals surface area contributed by atoms with Crippen LogP contribution in [0.2, 0.25) is 0 Å². The summed E-state index contributed by atoms with van der Waals surface area (Å²) in [5.74, 6) is 1.24. The van der Waals surface area contributed by atoms with Crippen molar-refractivity contribution in [3.8, 4) is 5.75 Å². The van der Waals surface area contributed by atoms with Gasteiger partial charge in [-0.1, -0.05) is 26.0 Å². The van der Waals surface area contributed by atoms with Crippen molar-refractivity contribution in [3.63, 3.8) is 0 Å². The molecule has 1 aromatic rings. The van der Waals surface area contributed by atoms with Gasteiger partial charge in [-0.15, -0.1) is 35.3 Å². The lowest BCUT2D eigenvalue weighted by Crippen LogP contribution is -2.51. The first-order valence-corrected chi connectivity index (χ1v) is 13.1. The predicted octanol–water partition coefficient (Wildman–Crippen LogP) is 2.66. The highest BCUT2D eigenvalue weighted by Crippen LogP contribution is 2.41. The number of carboxylic acids is 1. The monoisotopic (exact) mass is 481 g/mol. The van der Waals surface area contributed by atoms with Crippen LogP contribution in [0.5, 0.6) is 5.75 Å². The summed E-state index contributed by atoms with van der Waals surface area (Å²) >= 11 is 4.81. The molecule has 4 N–H and O–H groups in total. The number of aliphatic carboxylic acids is 1. The summed E-state index contributed by atoms with van der Waals surface area (Å²) in [6.45, 7) is 5.47. The number of rotatable bonds is 6. The molecule has 0 aromatic heterocycles. The van der Waals surface area contributed by atoms with Gasteiger partial charge in [0.15, 0.2) is 5.54 Å². The van der Waals surface area contributed by atoms with Crippen LogP contribution >= 0.6 is 35.3 Å². The summed E-state index contributed by atoms with van der Waals surface area (Å²) in [7, 11) is 0. The topological polar surface area (TPSA) is 115 Å². The van der Waals surface area contributed by atoms with Crippen LogP contribution in [0.4, 0.5) is 0 Å². The summed E-state index contributed by atoms with van der Waals surface area (Å²) in [5, 5.41) is 35.9. The third-order valence-corrected chi connectivity index (χ3v) is 10.0. The highest BCUT2D eigenvalue weighted by Gasteiger charge is 2.48. The first kappa shape index (κ1) is 23.0. The highest BCUT2D eigenvalue weighted by atomic mass is 32.2. The summed E-state index contributed by atoms with van der Waals surface area (Å²) in [6, 6.07) is 7.14. The van der Waals surface area contributed by atoms with Gasteiger partial charge < -0.3 is 15.3 Å². The number of aliphatic hydroxyl groups is 1. The van der Waals surface area contributed by atoms with E-state index in [1.807, 2.05) is 26.0 Å². The largest absolute Gasteiger partial charge is 0.507 e. The molecule has 3 heterocycles. The number of hydrogen-bond donors (Lipinski definition) is 4. The number of nitrogens with zero attached hydrogens (tertiary/aromatic N) is 2. The second-order valence-corrected chi connectivity index (χ2v) is 12.0. The number of aromatic hydroxyl groups is 1. The fraction of sp³-hybridized carbons (Fsp3) is 0.571. The maximum absolute atomic E-state index is 11.5. The normalized spacial score (nSPS) is 32.1. The first-order valence-electron chi connectivity index (χ1n) is 10.1. The minimum atomic E-state index is -1.13. The summed E-state index contributed by atoms with van der Waals surface area (Å²) < 4.78 is 0. The first-order chi connectivity index (χ1) is 14.6. The lowest BCUT2D eigenvalue weighted by atomic mass is 9.83. The molecule has 0 spiro atoms. The highest BCUT2D eigenvalue weighted by molar-refractivity contribution is 8.15. The molecule has 5 atom stereocenters. The number of phenols is 1. The molecule has 0 radical (unpaired) electrons. The van der Waals surface area contributed by atoms with Crippen LogP contribution in [-0.4, -0.2) is 77.7 Å². The zero-order valence-corrected chi connectivity index (χ0v) is 20.1. The predicted molar refractivity (Wildman–Crippen MR) is 130 cm³/mol. The molecule has 0 unspecified atom stereocenters. The van der Waals surface area contributed by atoms with Crippen LogP contribution in [0.3, 0.4) is 0 Å². The maximum Gasteiger partial charge on any atom is 0.332 e.